The van der Waals surface area contributed by atoms with Crippen molar-refractivity contribution in [3.8, 4) is 0 Å². The van der Waals surface area contributed by atoms with Crippen LogP contribution < -0.4 is 0 Å². The summed E-state index contributed by atoms with van der Waals surface area (Å²) in [4.78, 5) is 35.3. The second-order valence-electron chi connectivity index (χ2n) is 6.49. The van der Waals surface area contributed by atoms with Crippen LogP contribution >= 0.6 is 0 Å². The Balaban J connectivity index is 1.89. The Hall–Kier alpha value is -2.12. The van der Waals surface area contributed by atoms with Crippen molar-refractivity contribution in [1.82, 2.24) is 19.8 Å². The van der Waals surface area contributed by atoms with E-state index in [-0.39, 0.29) is 18.1 Å². The minimum absolute atomic E-state index is 0.000152. The first kappa shape index (κ1) is 15.8. The molecule has 2 saturated heterocycles. The van der Waals surface area contributed by atoms with Gasteiger partial charge in [-0.3, -0.25) is 14.6 Å². The van der Waals surface area contributed by atoms with E-state index in [2.05, 4.69) is 9.97 Å². The number of carbonyl (C=O) groups is 2. The SMILES string of the molecule is Cc1cnc(C(=O)N2CC(F)(F)C[C@@]3(CCN(C)C3=O)C2)cn1. The number of halogens is 2. The molecule has 3 rings (SSSR count). The van der Waals surface area contributed by atoms with Gasteiger partial charge in [-0.25, -0.2) is 13.8 Å². The van der Waals surface area contributed by atoms with E-state index in [1.54, 1.807) is 14.0 Å². The van der Waals surface area contributed by atoms with Crippen LogP contribution in [0.15, 0.2) is 12.4 Å². The molecule has 124 valence electrons. The van der Waals surface area contributed by atoms with Crippen molar-refractivity contribution >= 4 is 11.8 Å². The zero-order valence-electron chi connectivity index (χ0n) is 13.1. The van der Waals surface area contributed by atoms with Crippen LogP contribution in [0.3, 0.4) is 0 Å². The molecule has 2 aliphatic rings. The molecule has 0 N–H and O–H groups in total. The summed E-state index contributed by atoms with van der Waals surface area (Å²) in [5, 5.41) is 0. The molecule has 1 spiro atoms. The van der Waals surface area contributed by atoms with Gasteiger partial charge in [-0.2, -0.15) is 0 Å². The van der Waals surface area contributed by atoms with Crippen LogP contribution in [0.1, 0.15) is 29.0 Å². The highest BCUT2D eigenvalue weighted by Crippen LogP contribution is 2.45. The first-order chi connectivity index (χ1) is 10.7. The predicted octanol–water partition coefficient (Wildman–Crippen LogP) is 1.11. The number of alkyl halides is 2. The molecule has 0 saturated carbocycles. The van der Waals surface area contributed by atoms with Crippen molar-refractivity contribution in [3.05, 3.63) is 23.8 Å². The Morgan fingerprint density at radius 3 is 2.57 bits per heavy atom. The normalized spacial score (nSPS) is 26.9. The number of likely N-dealkylation sites (tertiary alicyclic amines) is 2. The first-order valence-electron chi connectivity index (χ1n) is 7.44. The Bertz CT molecular complexity index is 649. The van der Waals surface area contributed by atoms with Gasteiger partial charge in [0.05, 0.1) is 23.9 Å². The van der Waals surface area contributed by atoms with E-state index in [0.717, 1.165) is 4.90 Å². The van der Waals surface area contributed by atoms with E-state index < -0.39 is 30.2 Å². The number of aromatic nitrogens is 2. The van der Waals surface area contributed by atoms with Gasteiger partial charge in [0.25, 0.3) is 11.8 Å². The summed E-state index contributed by atoms with van der Waals surface area (Å²) in [7, 11) is 1.60. The molecule has 0 bridgehead atoms. The second-order valence-corrected chi connectivity index (χ2v) is 6.49. The number of rotatable bonds is 1. The molecule has 1 atom stereocenters. The number of aryl methyl sites for hydroxylation is 1. The van der Waals surface area contributed by atoms with E-state index in [1.165, 1.54) is 17.3 Å². The molecule has 8 heteroatoms. The van der Waals surface area contributed by atoms with Gasteiger partial charge in [-0.1, -0.05) is 0 Å². The largest absolute Gasteiger partial charge is 0.345 e. The minimum atomic E-state index is -3.09. The van der Waals surface area contributed by atoms with Crippen molar-refractivity contribution in [1.29, 1.82) is 0 Å². The summed E-state index contributed by atoms with van der Waals surface area (Å²) >= 11 is 0. The molecule has 23 heavy (non-hydrogen) atoms. The molecular weight excluding hydrogens is 306 g/mol. The topological polar surface area (TPSA) is 66.4 Å². The number of piperidine rings is 1. The molecule has 1 aromatic heterocycles. The third-order valence-corrected chi connectivity index (χ3v) is 4.53. The third-order valence-electron chi connectivity index (χ3n) is 4.53. The van der Waals surface area contributed by atoms with E-state index in [0.29, 0.717) is 18.7 Å². The molecule has 2 amide bonds. The van der Waals surface area contributed by atoms with Crippen molar-refractivity contribution in [2.75, 3.05) is 26.7 Å². The van der Waals surface area contributed by atoms with Crippen molar-refractivity contribution < 1.29 is 18.4 Å². The van der Waals surface area contributed by atoms with E-state index in [4.69, 9.17) is 0 Å². The molecule has 1 aromatic rings. The molecule has 0 aliphatic carbocycles. The van der Waals surface area contributed by atoms with Crippen molar-refractivity contribution in [2.24, 2.45) is 5.41 Å². The maximum absolute atomic E-state index is 14.2. The van der Waals surface area contributed by atoms with Crippen LogP contribution in [0.4, 0.5) is 8.78 Å². The number of hydrogen-bond acceptors (Lipinski definition) is 4. The number of nitrogens with zero attached hydrogens (tertiary/aromatic N) is 4. The van der Waals surface area contributed by atoms with Crippen molar-refractivity contribution in [3.63, 3.8) is 0 Å². The van der Waals surface area contributed by atoms with Gasteiger partial charge in [0.15, 0.2) is 0 Å². The van der Waals surface area contributed by atoms with Crippen LogP contribution in [0.5, 0.6) is 0 Å². The first-order valence-corrected chi connectivity index (χ1v) is 7.44. The van der Waals surface area contributed by atoms with Crippen LogP contribution in [-0.4, -0.2) is 64.2 Å². The lowest BCUT2D eigenvalue weighted by molar-refractivity contribution is -0.150. The summed E-state index contributed by atoms with van der Waals surface area (Å²) in [6.07, 6.45) is 2.52. The van der Waals surface area contributed by atoms with Gasteiger partial charge in [-0.05, 0) is 13.3 Å². The summed E-state index contributed by atoms with van der Waals surface area (Å²) in [6, 6.07) is 0. The summed E-state index contributed by atoms with van der Waals surface area (Å²) in [5.41, 5.74) is -0.540. The lowest BCUT2D eigenvalue weighted by atomic mass is 9.77. The molecule has 0 unspecified atom stereocenters. The fourth-order valence-corrected chi connectivity index (χ4v) is 3.42. The van der Waals surface area contributed by atoms with Gasteiger partial charge < -0.3 is 9.80 Å². The fraction of sp³-hybridized carbons (Fsp3) is 0.600. The monoisotopic (exact) mass is 324 g/mol. The summed E-state index contributed by atoms with van der Waals surface area (Å²) < 4.78 is 28.4. The second kappa shape index (κ2) is 5.21. The molecule has 2 fully saturated rings. The molecule has 0 aromatic carbocycles. The summed E-state index contributed by atoms with van der Waals surface area (Å²) in [6.45, 7) is 1.46. The number of carbonyl (C=O) groups excluding carboxylic acids is 2. The number of amides is 2. The molecule has 6 nitrogen and oxygen atoms in total. The van der Waals surface area contributed by atoms with Gasteiger partial charge in [0, 0.05) is 32.8 Å². The Morgan fingerprint density at radius 2 is 2.00 bits per heavy atom. The molecule has 2 aliphatic heterocycles. The Labute approximate surface area is 132 Å². The highest BCUT2D eigenvalue weighted by molar-refractivity contribution is 5.93. The minimum Gasteiger partial charge on any atom is -0.345 e. The van der Waals surface area contributed by atoms with E-state index in [9.17, 15) is 18.4 Å². The lowest BCUT2D eigenvalue weighted by Gasteiger charge is -2.42. The van der Waals surface area contributed by atoms with Crippen LogP contribution in [0.2, 0.25) is 0 Å². The Morgan fingerprint density at radius 1 is 1.26 bits per heavy atom. The predicted molar refractivity (Wildman–Crippen MR) is 76.9 cm³/mol. The van der Waals surface area contributed by atoms with Gasteiger partial charge in [-0.15, -0.1) is 0 Å². The van der Waals surface area contributed by atoms with E-state index >= 15 is 0 Å². The maximum Gasteiger partial charge on any atom is 0.274 e. The van der Waals surface area contributed by atoms with E-state index in [1.807, 2.05) is 0 Å². The molecule has 0 radical (unpaired) electrons. The van der Waals surface area contributed by atoms with Crippen LogP contribution in [0, 0.1) is 12.3 Å². The maximum atomic E-state index is 14.2. The van der Waals surface area contributed by atoms with Crippen LogP contribution in [0.25, 0.3) is 0 Å². The summed E-state index contributed by atoms with van der Waals surface area (Å²) in [5.74, 6) is -4.02. The zero-order valence-corrected chi connectivity index (χ0v) is 13.1. The fourth-order valence-electron chi connectivity index (χ4n) is 3.42. The quantitative estimate of drug-likeness (QED) is 0.776. The van der Waals surface area contributed by atoms with Gasteiger partial charge in [0.1, 0.15) is 5.69 Å². The molecule has 3 heterocycles. The highest BCUT2D eigenvalue weighted by Gasteiger charge is 2.57. The highest BCUT2D eigenvalue weighted by atomic mass is 19.3. The smallest absolute Gasteiger partial charge is 0.274 e. The van der Waals surface area contributed by atoms with Gasteiger partial charge >= 0.3 is 0 Å². The third kappa shape index (κ3) is 2.77. The van der Waals surface area contributed by atoms with Gasteiger partial charge in [0.2, 0.25) is 5.91 Å². The van der Waals surface area contributed by atoms with Crippen molar-refractivity contribution in [2.45, 2.75) is 25.7 Å². The standard InChI is InChI=1S/C15H18F2N4O2/c1-10-5-19-11(6-18-10)12(22)21-8-14(7-15(16,17)9-21)3-4-20(2)13(14)23/h5-6H,3-4,7-9H2,1-2H3/t14-/m0/s1. The zero-order chi connectivity index (χ0) is 16.8. The average Bonchev–Trinajstić information content (AvgIpc) is 2.74. The number of hydrogen-bond donors (Lipinski definition) is 0. The molecular formula is C15H18F2N4O2. The average molecular weight is 324 g/mol. The lowest BCUT2D eigenvalue weighted by Crippen LogP contribution is -2.57. The Kier molecular flexibility index (Phi) is 3.57. The van der Waals surface area contributed by atoms with Crippen LogP contribution in [-0.2, 0) is 4.79 Å².